The lowest BCUT2D eigenvalue weighted by molar-refractivity contribution is 0.399. The fourth-order valence-electron chi connectivity index (χ4n) is 2.52. The van der Waals surface area contributed by atoms with Crippen LogP contribution in [0.2, 0.25) is 0 Å². The average molecular weight is 328 g/mol. The maximum absolute atomic E-state index is 10.1. The van der Waals surface area contributed by atoms with Gasteiger partial charge in [0.05, 0.1) is 0 Å². The van der Waals surface area contributed by atoms with Crippen LogP contribution >= 0.6 is 0 Å². The van der Waals surface area contributed by atoms with Gasteiger partial charge < -0.3 is 10.2 Å². The molecule has 0 heterocycles. The predicted molar refractivity (Wildman–Crippen MR) is 107 cm³/mol. The van der Waals surface area contributed by atoms with Gasteiger partial charge in [-0.15, -0.1) is 0 Å². The third kappa shape index (κ3) is 7.01. The molecule has 24 heavy (non-hydrogen) atoms. The summed E-state index contributed by atoms with van der Waals surface area (Å²) >= 11 is 0. The summed E-state index contributed by atoms with van der Waals surface area (Å²) in [6.07, 6.45) is 9.02. The Kier molecular flexibility index (Phi) is 11.3. The van der Waals surface area contributed by atoms with Crippen molar-refractivity contribution >= 4 is 11.1 Å². The zero-order chi connectivity index (χ0) is 18.5. The van der Waals surface area contributed by atoms with E-state index in [1.807, 2.05) is 38.1 Å². The van der Waals surface area contributed by atoms with E-state index in [9.17, 15) is 5.11 Å². The van der Waals surface area contributed by atoms with Gasteiger partial charge in [0.2, 0.25) is 0 Å². The average Bonchev–Trinajstić information content (AvgIpc) is 2.56. The van der Waals surface area contributed by atoms with E-state index < -0.39 is 0 Å². The van der Waals surface area contributed by atoms with E-state index in [1.54, 1.807) is 0 Å². The first-order chi connectivity index (χ1) is 11.5. The van der Waals surface area contributed by atoms with Gasteiger partial charge in [-0.3, -0.25) is 0 Å². The Labute approximate surface area is 147 Å². The highest BCUT2D eigenvalue weighted by molar-refractivity contribution is 5.86. The van der Waals surface area contributed by atoms with E-state index in [1.165, 1.54) is 19.3 Å². The van der Waals surface area contributed by atoms with Crippen molar-refractivity contribution in [3.05, 3.63) is 72.0 Å². The number of rotatable bonds is 8. The normalized spacial score (nSPS) is 11.5. The Morgan fingerprint density at radius 3 is 2.12 bits per heavy atom. The third-order valence-electron chi connectivity index (χ3n) is 3.68. The van der Waals surface area contributed by atoms with E-state index in [-0.39, 0.29) is 5.76 Å². The molecular weight excluding hydrogens is 296 g/mol. The summed E-state index contributed by atoms with van der Waals surface area (Å²) in [5.41, 5.74) is 4.83. The zero-order valence-corrected chi connectivity index (χ0v) is 15.6. The van der Waals surface area contributed by atoms with Crippen molar-refractivity contribution in [1.29, 1.82) is 0 Å². The van der Waals surface area contributed by atoms with Crippen LogP contribution in [0.5, 0.6) is 0 Å². The van der Waals surface area contributed by atoms with Gasteiger partial charge in [-0.2, -0.15) is 0 Å². The van der Waals surface area contributed by atoms with Crippen molar-refractivity contribution in [2.24, 2.45) is 0 Å². The minimum absolute atomic E-state index is 0.101. The second-order valence-electron chi connectivity index (χ2n) is 5.73. The van der Waals surface area contributed by atoms with E-state index in [2.05, 4.69) is 32.2 Å². The van der Waals surface area contributed by atoms with E-state index in [4.69, 9.17) is 5.11 Å². The van der Waals surface area contributed by atoms with Gasteiger partial charge in [-0.05, 0) is 43.4 Å². The number of hydrogen-bond donors (Lipinski definition) is 2. The lowest BCUT2D eigenvalue weighted by Gasteiger charge is -2.14. The molecule has 0 saturated carbocycles. The first-order valence-electron chi connectivity index (χ1n) is 8.44. The summed E-state index contributed by atoms with van der Waals surface area (Å²) in [7, 11) is 1.00. The largest absolute Gasteiger partial charge is 0.508 e. The van der Waals surface area contributed by atoms with Crippen LogP contribution in [-0.2, 0) is 0 Å². The van der Waals surface area contributed by atoms with Gasteiger partial charge in [-0.25, -0.2) is 0 Å². The molecule has 1 rings (SSSR count). The van der Waals surface area contributed by atoms with Crippen LogP contribution in [0, 0.1) is 0 Å². The van der Waals surface area contributed by atoms with Gasteiger partial charge in [0.15, 0.2) is 0 Å². The predicted octanol–water partition coefficient (Wildman–Crippen LogP) is 6.31. The molecule has 0 saturated heterocycles. The topological polar surface area (TPSA) is 40.5 Å². The Morgan fingerprint density at radius 1 is 1.04 bits per heavy atom. The molecule has 0 aromatic heterocycles. The molecule has 0 aliphatic heterocycles. The Morgan fingerprint density at radius 2 is 1.62 bits per heavy atom. The van der Waals surface area contributed by atoms with Crippen molar-refractivity contribution in [2.45, 2.75) is 46.5 Å². The summed E-state index contributed by atoms with van der Waals surface area (Å²) in [4.78, 5) is 0. The Hall–Kier alpha value is -2.06. The molecule has 0 aliphatic carbocycles. The summed E-state index contributed by atoms with van der Waals surface area (Å²) in [6.45, 7) is 14.0. The molecular formula is C22H32O2. The van der Waals surface area contributed by atoms with E-state index in [0.29, 0.717) is 0 Å². The minimum atomic E-state index is 0.101. The van der Waals surface area contributed by atoms with Crippen LogP contribution in [-0.4, -0.2) is 17.3 Å². The molecule has 0 atom stereocenters. The van der Waals surface area contributed by atoms with Crippen LogP contribution in [0.4, 0.5) is 0 Å². The maximum atomic E-state index is 10.1. The molecule has 132 valence electrons. The highest BCUT2D eigenvalue weighted by Crippen LogP contribution is 2.30. The fraction of sp³-hybridized carbons (Fsp3) is 0.364. The van der Waals surface area contributed by atoms with Crippen LogP contribution in [0.15, 0.2) is 60.9 Å². The van der Waals surface area contributed by atoms with Crippen molar-refractivity contribution in [1.82, 2.24) is 0 Å². The molecule has 1 aromatic rings. The lowest BCUT2D eigenvalue weighted by Crippen LogP contribution is -1.96. The molecule has 2 nitrogen and oxygen atoms in total. The zero-order valence-electron chi connectivity index (χ0n) is 15.6. The number of aliphatic hydroxyl groups excluding tert-OH is 2. The van der Waals surface area contributed by atoms with Crippen molar-refractivity contribution < 1.29 is 10.2 Å². The molecule has 2 heteroatoms. The number of unbranched alkanes of at least 4 members (excludes halogenated alkanes) is 3. The van der Waals surface area contributed by atoms with Gasteiger partial charge in [0.1, 0.15) is 5.76 Å². The first kappa shape index (κ1) is 21.9. The number of aliphatic hydroxyl groups is 2. The molecule has 0 bridgehead atoms. The van der Waals surface area contributed by atoms with Crippen LogP contribution < -0.4 is 0 Å². The molecule has 0 radical (unpaired) electrons. The maximum Gasteiger partial charge on any atom is 0.116 e. The number of allylic oxidation sites excluding steroid dienone is 5. The SMILES string of the molecule is C=C(O)/C(=C(C)\C=C\CCCCC)c1ccccc1C(=C)C.CO. The van der Waals surface area contributed by atoms with E-state index >= 15 is 0 Å². The first-order valence-corrected chi connectivity index (χ1v) is 8.44. The van der Waals surface area contributed by atoms with Crippen molar-refractivity contribution in [3.63, 3.8) is 0 Å². The second-order valence-corrected chi connectivity index (χ2v) is 5.73. The third-order valence-corrected chi connectivity index (χ3v) is 3.68. The Bertz CT molecular complexity index is 592. The van der Waals surface area contributed by atoms with Gasteiger partial charge in [0, 0.05) is 12.7 Å². The summed E-state index contributed by atoms with van der Waals surface area (Å²) < 4.78 is 0. The fourth-order valence-corrected chi connectivity index (χ4v) is 2.52. The molecule has 1 aromatic carbocycles. The van der Waals surface area contributed by atoms with E-state index in [0.717, 1.165) is 41.4 Å². The van der Waals surface area contributed by atoms with Crippen LogP contribution in [0.1, 0.15) is 57.6 Å². The minimum Gasteiger partial charge on any atom is -0.508 e. The molecule has 2 N–H and O–H groups in total. The van der Waals surface area contributed by atoms with Crippen LogP contribution in [0.25, 0.3) is 11.1 Å². The Balaban J connectivity index is 0.00000254. The monoisotopic (exact) mass is 328 g/mol. The molecule has 0 aliphatic rings. The van der Waals surface area contributed by atoms with Gasteiger partial charge >= 0.3 is 0 Å². The number of hydrogen-bond acceptors (Lipinski definition) is 2. The lowest BCUT2D eigenvalue weighted by atomic mass is 9.92. The smallest absolute Gasteiger partial charge is 0.116 e. The standard InChI is InChI=1S/C21H28O.CH4O/c1-6-7-8-9-10-13-17(4)21(18(5)22)20-15-12-11-14-19(20)16(2)3;1-2/h10-15,22H,2,5-9H2,1,3-4H3;2H,1H3/b13-10+,21-17+;. The van der Waals surface area contributed by atoms with Gasteiger partial charge in [0.25, 0.3) is 0 Å². The molecule has 0 fully saturated rings. The summed E-state index contributed by atoms with van der Waals surface area (Å²) in [5.74, 6) is 0.101. The molecule has 0 amide bonds. The van der Waals surface area contributed by atoms with Crippen LogP contribution in [0.3, 0.4) is 0 Å². The van der Waals surface area contributed by atoms with Crippen molar-refractivity contribution in [3.8, 4) is 0 Å². The van der Waals surface area contributed by atoms with Crippen molar-refractivity contribution in [2.75, 3.05) is 7.11 Å². The molecule has 0 unspecified atom stereocenters. The quantitative estimate of drug-likeness (QED) is 0.333. The summed E-state index contributed by atoms with van der Waals surface area (Å²) in [5, 5.41) is 17.1. The highest BCUT2D eigenvalue weighted by atomic mass is 16.3. The molecule has 0 spiro atoms. The second kappa shape index (κ2) is 12.4. The van der Waals surface area contributed by atoms with Gasteiger partial charge in [-0.1, -0.05) is 74.9 Å². The highest BCUT2D eigenvalue weighted by Gasteiger charge is 2.12. The number of benzene rings is 1. The summed E-state index contributed by atoms with van der Waals surface area (Å²) in [6, 6.07) is 8.00.